The minimum absolute atomic E-state index is 0.0944. The number of benzene rings is 2. The summed E-state index contributed by atoms with van der Waals surface area (Å²) in [4.78, 5) is 11.2. The van der Waals surface area contributed by atoms with Crippen molar-refractivity contribution in [2.75, 3.05) is 25.7 Å². The first-order valence-electron chi connectivity index (χ1n) is 9.43. The SMILES string of the molecule is COc1ccc(C2CCCN2c2nccc(Oc3ccc(F)cc3)n2)c(OC)c1. The van der Waals surface area contributed by atoms with E-state index in [-0.39, 0.29) is 11.9 Å². The van der Waals surface area contributed by atoms with Crippen LogP contribution in [0.3, 0.4) is 0 Å². The van der Waals surface area contributed by atoms with E-state index in [0.29, 0.717) is 17.6 Å². The number of anilines is 1. The number of hydrogen-bond donors (Lipinski definition) is 0. The first kappa shape index (κ1) is 19.0. The monoisotopic (exact) mass is 395 g/mol. The molecule has 0 radical (unpaired) electrons. The number of halogens is 1. The summed E-state index contributed by atoms with van der Waals surface area (Å²) < 4.78 is 29.8. The molecule has 0 aliphatic carbocycles. The second-order valence-corrected chi connectivity index (χ2v) is 6.71. The zero-order chi connectivity index (χ0) is 20.2. The summed E-state index contributed by atoms with van der Waals surface area (Å²) >= 11 is 0. The number of ether oxygens (including phenoxy) is 3. The fourth-order valence-electron chi connectivity index (χ4n) is 3.57. The highest BCUT2D eigenvalue weighted by Crippen LogP contribution is 2.40. The van der Waals surface area contributed by atoms with Crippen LogP contribution in [0.1, 0.15) is 24.4 Å². The predicted molar refractivity (Wildman–Crippen MR) is 107 cm³/mol. The lowest BCUT2D eigenvalue weighted by Crippen LogP contribution is -2.25. The molecule has 1 unspecified atom stereocenters. The fraction of sp³-hybridized carbons (Fsp3) is 0.273. The molecule has 0 saturated carbocycles. The molecule has 3 aromatic rings. The van der Waals surface area contributed by atoms with Crippen molar-refractivity contribution in [3.05, 3.63) is 66.1 Å². The van der Waals surface area contributed by atoms with Crippen LogP contribution < -0.4 is 19.1 Å². The summed E-state index contributed by atoms with van der Waals surface area (Å²) in [6.07, 6.45) is 3.66. The summed E-state index contributed by atoms with van der Waals surface area (Å²) in [5.74, 6) is 2.74. The summed E-state index contributed by atoms with van der Waals surface area (Å²) in [6, 6.07) is 13.5. The van der Waals surface area contributed by atoms with Crippen molar-refractivity contribution in [1.82, 2.24) is 9.97 Å². The Hall–Kier alpha value is -3.35. The van der Waals surface area contributed by atoms with Gasteiger partial charge in [-0.15, -0.1) is 0 Å². The molecule has 1 fully saturated rings. The van der Waals surface area contributed by atoms with Crippen molar-refractivity contribution in [3.63, 3.8) is 0 Å². The van der Waals surface area contributed by atoms with Crippen LogP contribution in [-0.4, -0.2) is 30.7 Å². The summed E-state index contributed by atoms with van der Waals surface area (Å²) in [6.45, 7) is 0.833. The first-order valence-corrected chi connectivity index (χ1v) is 9.43. The van der Waals surface area contributed by atoms with Crippen LogP contribution in [0.25, 0.3) is 0 Å². The Labute approximate surface area is 168 Å². The lowest BCUT2D eigenvalue weighted by molar-refractivity contribution is 0.388. The normalized spacial score (nSPS) is 16.0. The molecule has 0 spiro atoms. The lowest BCUT2D eigenvalue weighted by Gasteiger charge is -2.26. The second kappa shape index (κ2) is 8.34. The maximum atomic E-state index is 13.1. The molecule has 0 bridgehead atoms. The van der Waals surface area contributed by atoms with Gasteiger partial charge >= 0.3 is 0 Å². The Balaban J connectivity index is 1.60. The van der Waals surface area contributed by atoms with Gasteiger partial charge in [-0.05, 0) is 49.2 Å². The first-order chi connectivity index (χ1) is 14.2. The third-order valence-electron chi connectivity index (χ3n) is 4.96. The van der Waals surface area contributed by atoms with Gasteiger partial charge in [0.15, 0.2) is 0 Å². The summed E-state index contributed by atoms with van der Waals surface area (Å²) in [5, 5.41) is 0. The van der Waals surface area contributed by atoms with Crippen molar-refractivity contribution in [2.24, 2.45) is 0 Å². The predicted octanol–water partition coefficient (Wildman–Crippen LogP) is 4.77. The van der Waals surface area contributed by atoms with E-state index in [0.717, 1.165) is 36.4 Å². The molecule has 2 aromatic carbocycles. The average molecular weight is 395 g/mol. The molecule has 0 amide bonds. The Morgan fingerprint density at radius 2 is 1.79 bits per heavy atom. The second-order valence-electron chi connectivity index (χ2n) is 6.71. The number of methoxy groups -OCH3 is 2. The third kappa shape index (κ3) is 4.08. The maximum Gasteiger partial charge on any atom is 0.229 e. The zero-order valence-electron chi connectivity index (χ0n) is 16.3. The number of aromatic nitrogens is 2. The molecule has 1 aliphatic heterocycles. The molecule has 2 heterocycles. The van der Waals surface area contributed by atoms with E-state index in [1.807, 2.05) is 18.2 Å². The van der Waals surface area contributed by atoms with Crippen molar-refractivity contribution < 1.29 is 18.6 Å². The van der Waals surface area contributed by atoms with E-state index in [4.69, 9.17) is 14.2 Å². The molecule has 29 heavy (non-hydrogen) atoms. The van der Waals surface area contributed by atoms with Crippen LogP contribution in [0.2, 0.25) is 0 Å². The molecule has 6 nitrogen and oxygen atoms in total. The van der Waals surface area contributed by atoms with Crippen LogP contribution >= 0.6 is 0 Å². The van der Waals surface area contributed by atoms with E-state index < -0.39 is 0 Å². The van der Waals surface area contributed by atoms with E-state index >= 15 is 0 Å². The molecule has 1 saturated heterocycles. The Bertz CT molecular complexity index is 981. The molecular formula is C22H22FN3O3. The lowest BCUT2D eigenvalue weighted by atomic mass is 10.0. The molecule has 1 aromatic heterocycles. The molecular weight excluding hydrogens is 373 g/mol. The van der Waals surface area contributed by atoms with Crippen LogP contribution in [-0.2, 0) is 0 Å². The average Bonchev–Trinajstić information content (AvgIpc) is 3.25. The van der Waals surface area contributed by atoms with Gasteiger partial charge < -0.3 is 19.1 Å². The number of hydrogen-bond acceptors (Lipinski definition) is 6. The van der Waals surface area contributed by atoms with Crippen LogP contribution in [0, 0.1) is 5.82 Å². The van der Waals surface area contributed by atoms with Crippen molar-refractivity contribution in [3.8, 4) is 23.1 Å². The standard InChI is InChI=1S/C22H22FN3O3/c1-27-17-9-10-18(20(14-17)28-2)19-4-3-13-26(19)22-24-12-11-21(25-22)29-16-7-5-15(23)6-8-16/h5-12,14,19H,3-4,13H2,1-2H3. The van der Waals surface area contributed by atoms with Gasteiger partial charge in [0.05, 0.1) is 20.3 Å². The summed E-state index contributed by atoms with van der Waals surface area (Å²) in [7, 11) is 3.29. The highest BCUT2D eigenvalue weighted by molar-refractivity contribution is 5.48. The van der Waals surface area contributed by atoms with Gasteiger partial charge in [0.2, 0.25) is 11.8 Å². The third-order valence-corrected chi connectivity index (χ3v) is 4.96. The van der Waals surface area contributed by atoms with Gasteiger partial charge in [-0.25, -0.2) is 9.37 Å². The Morgan fingerprint density at radius 3 is 2.55 bits per heavy atom. The van der Waals surface area contributed by atoms with Gasteiger partial charge in [0, 0.05) is 30.4 Å². The zero-order valence-corrected chi connectivity index (χ0v) is 16.3. The van der Waals surface area contributed by atoms with Gasteiger partial charge in [-0.1, -0.05) is 0 Å². The molecule has 0 N–H and O–H groups in total. The van der Waals surface area contributed by atoms with Crippen LogP contribution in [0.4, 0.5) is 10.3 Å². The van der Waals surface area contributed by atoms with E-state index in [1.165, 1.54) is 12.1 Å². The van der Waals surface area contributed by atoms with E-state index in [2.05, 4.69) is 14.9 Å². The van der Waals surface area contributed by atoms with Crippen molar-refractivity contribution >= 4 is 5.95 Å². The number of rotatable bonds is 6. The molecule has 7 heteroatoms. The quantitative estimate of drug-likeness (QED) is 0.599. The highest BCUT2D eigenvalue weighted by Gasteiger charge is 2.30. The van der Waals surface area contributed by atoms with Gasteiger partial charge in [-0.2, -0.15) is 4.98 Å². The molecule has 4 rings (SSSR count). The van der Waals surface area contributed by atoms with Crippen molar-refractivity contribution in [1.29, 1.82) is 0 Å². The van der Waals surface area contributed by atoms with Gasteiger partial charge in [-0.3, -0.25) is 0 Å². The number of nitrogens with zero attached hydrogens (tertiary/aromatic N) is 3. The smallest absolute Gasteiger partial charge is 0.229 e. The molecule has 1 aliphatic rings. The largest absolute Gasteiger partial charge is 0.497 e. The fourth-order valence-corrected chi connectivity index (χ4v) is 3.57. The Kier molecular flexibility index (Phi) is 5.46. The van der Waals surface area contributed by atoms with Crippen molar-refractivity contribution in [2.45, 2.75) is 18.9 Å². The minimum Gasteiger partial charge on any atom is -0.497 e. The minimum atomic E-state index is -0.311. The Morgan fingerprint density at radius 1 is 1.00 bits per heavy atom. The van der Waals surface area contributed by atoms with E-state index in [9.17, 15) is 4.39 Å². The van der Waals surface area contributed by atoms with Gasteiger partial charge in [0.25, 0.3) is 0 Å². The maximum absolute atomic E-state index is 13.1. The highest BCUT2D eigenvalue weighted by atomic mass is 19.1. The molecule has 150 valence electrons. The van der Waals surface area contributed by atoms with Crippen LogP contribution in [0.15, 0.2) is 54.7 Å². The van der Waals surface area contributed by atoms with Gasteiger partial charge in [0.1, 0.15) is 23.1 Å². The summed E-state index contributed by atoms with van der Waals surface area (Å²) in [5.41, 5.74) is 1.07. The topological polar surface area (TPSA) is 56.7 Å². The van der Waals surface area contributed by atoms with Crippen LogP contribution in [0.5, 0.6) is 23.1 Å². The van der Waals surface area contributed by atoms with E-state index in [1.54, 1.807) is 38.6 Å². The molecule has 1 atom stereocenters.